The Hall–Kier alpha value is -1.17. The number of rotatable bonds is 4. The molecule has 1 saturated heterocycles. The summed E-state index contributed by atoms with van der Waals surface area (Å²) in [5.74, 6) is 1.94. The zero-order valence-corrected chi connectivity index (χ0v) is 12.9. The number of nitrogens with zero attached hydrogens (tertiary/aromatic N) is 1. The van der Waals surface area contributed by atoms with E-state index in [1.54, 1.807) is 0 Å². The van der Waals surface area contributed by atoms with Gasteiger partial charge in [-0.05, 0) is 46.4 Å². The van der Waals surface area contributed by atoms with Crippen LogP contribution in [0.2, 0.25) is 0 Å². The lowest BCUT2D eigenvalue weighted by molar-refractivity contribution is 0.00578. The van der Waals surface area contributed by atoms with Crippen LogP contribution in [0.4, 0.5) is 0 Å². The Morgan fingerprint density at radius 1 is 1.20 bits per heavy atom. The Labute approximate surface area is 121 Å². The lowest BCUT2D eigenvalue weighted by atomic mass is 9.89. The van der Waals surface area contributed by atoms with Crippen LogP contribution in [0.25, 0.3) is 6.08 Å². The molecule has 4 nitrogen and oxygen atoms in total. The summed E-state index contributed by atoms with van der Waals surface area (Å²) in [7, 11) is 1.60. The predicted octanol–water partition coefficient (Wildman–Crippen LogP) is 2.45. The van der Waals surface area contributed by atoms with Crippen molar-refractivity contribution in [2.45, 2.75) is 45.4 Å². The minimum Gasteiger partial charge on any atom is -0.400 e. The second-order valence-electron chi connectivity index (χ2n) is 6.10. The second-order valence-corrected chi connectivity index (χ2v) is 6.10. The zero-order valence-electron chi connectivity index (χ0n) is 12.9. The van der Waals surface area contributed by atoms with Gasteiger partial charge < -0.3 is 14.6 Å². The van der Waals surface area contributed by atoms with Gasteiger partial charge in [-0.25, -0.2) is 0 Å². The quantitative estimate of drug-likeness (QED) is 0.856. The highest BCUT2D eigenvalue weighted by Gasteiger charge is 2.49. The van der Waals surface area contributed by atoms with E-state index in [0.29, 0.717) is 0 Å². The van der Waals surface area contributed by atoms with Gasteiger partial charge >= 0.3 is 7.12 Å². The first kappa shape index (κ1) is 15.2. The number of nitrogens with one attached hydrogen (secondary N) is 1. The van der Waals surface area contributed by atoms with Crippen molar-refractivity contribution in [1.82, 2.24) is 10.3 Å². The number of aromatic nitrogens is 1. The van der Waals surface area contributed by atoms with E-state index in [2.05, 4.69) is 38.0 Å². The van der Waals surface area contributed by atoms with Crippen LogP contribution in [0.5, 0.6) is 0 Å². The molecule has 0 amide bonds. The van der Waals surface area contributed by atoms with Gasteiger partial charge in [0.1, 0.15) is 0 Å². The molecule has 0 unspecified atom stereocenters. The van der Waals surface area contributed by atoms with Crippen LogP contribution in [-0.4, -0.2) is 30.4 Å². The number of hydrogen-bond acceptors (Lipinski definition) is 4. The topological polar surface area (TPSA) is 43.4 Å². The highest BCUT2D eigenvalue weighted by molar-refractivity contribution is 6.52. The maximum Gasteiger partial charge on any atom is 0.487 e. The van der Waals surface area contributed by atoms with Crippen molar-refractivity contribution in [2.75, 3.05) is 7.05 Å². The molecule has 1 aliphatic heterocycles. The maximum absolute atomic E-state index is 5.91. The molecule has 108 valence electrons. The van der Waals surface area contributed by atoms with Crippen molar-refractivity contribution in [2.24, 2.45) is 0 Å². The molecule has 0 radical (unpaired) electrons. The van der Waals surface area contributed by atoms with Crippen LogP contribution in [0.15, 0.2) is 24.3 Å². The van der Waals surface area contributed by atoms with Gasteiger partial charge in [-0.2, -0.15) is 0 Å². The molecular weight excluding hydrogens is 251 g/mol. The van der Waals surface area contributed by atoms with Crippen LogP contribution < -0.4 is 5.32 Å². The molecule has 0 bridgehead atoms. The first-order chi connectivity index (χ1) is 9.34. The van der Waals surface area contributed by atoms with Gasteiger partial charge in [-0.3, -0.25) is 4.98 Å². The largest absolute Gasteiger partial charge is 0.487 e. The van der Waals surface area contributed by atoms with E-state index in [9.17, 15) is 0 Å². The molecule has 0 spiro atoms. The molecule has 0 aliphatic carbocycles. The molecule has 1 fully saturated rings. The smallest absolute Gasteiger partial charge is 0.400 e. The Morgan fingerprint density at radius 3 is 2.35 bits per heavy atom. The third-order valence-corrected chi connectivity index (χ3v) is 3.92. The summed E-state index contributed by atoms with van der Waals surface area (Å²) in [5, 5.41) is 3.08. The van der Waals surface area contributed by atoms with Gasteiger partial charge in [0.05, 0.1) is 16.9 Å². The van der Waals surface area contributed by atoms with E-state index >= 15 is 0 Å². The first-order valence-electron chi connectivity index (χ1n) is 6.97. The van der Waals surface area contributed by atoms with Crippen LogP contribution in [-0.2, 0) is 15.9 Å². The molecule has 1 N–H and O–H groups in total. The average Bonchev–Trinajstić information content (AvgIpc) is 2.57. The van der Waals surface area contributed by atoms with Gasteiger partial charge in [0.25, 0.3) is 0 Å². The zero-order chi connectivity index (χ0) is 14.8. The summed E-state index contributed by atoms with van der Waals surface area (Å²) < 4.78 is 11.8. The highest BCUT2D eigenvalue weighted by Crippen LogP contribution is 2.36. The normalized spacial score (nSPS) is 20.8. The Morgan fingerprint density at radius 2 is 1.85 bits per heavy atom. The van der Waals surface area contributed by atoms with Crippen LogP contribution >= 0.6 is 0 Å². The van der Waals surface area contributed by atoms with E-state index < -0.39 is 0 Å². The van der Waals surface area contributed by atoms with Crippen LogP contribution in [0, 0.1) is 0 Å². The van der Waals surface area contributed by atoms with E-state index in [1.807, 2.05) is 37.4 Å². The van der Waals surface area contributed by atoms with Gasteiger partial charge in [-0.1, -0.05) is 18.1 Å². The van der Waals surface area contributed by atoms with Crippen molar-refractivity contribution in [1.29, 1.82) is 0 Å². The fraction of sp³-hybridized carbons (Fsp3) is 0.533. The minimum atomic E-state index is -0.308. The standard InChI is InChI=1S/C15H23BN2O2/c1-14(2)15(3,4)20-16(19-14)9-8-12-6-7-13(11-17-5)18-10-12/h6-10,17H,11H2,1-5H3/b9-8+. The molecular formula is C15H23BN2O2. The first-order valence-corrected chi connectivity index (χ1v) is 6.97. The third-order valence-electron chi connectivity index (χ3n) is 3.92. The second kappa shape index (κ2) is 5.68. The van der Waals surface area contributed by atoms with Crippen molar-refractivity contribution < 1.29 is 9.31 Å². The molecule has 0 atom stereocenters. The van der Waals surface area contributed by atoms with Gasteiger partial charge in [0.15, 0.2) is 0 Å². The highest BCUT2D eigenvalue weighted by atomic mass is 16.7. The molecule has 1 aromatic rings. The lowest BCUT2D eigenvalue weighted by Gasteiger charge is -2.32. The number of hydrogen-bond donors (Lipinski definition) is 1. The molecule has 0 saturated carbocycles. The molecule has 2 rings (SSSR count). The summed E-state index contributed by atoms with van der Waals surface area (Å²) >= 11 is 0. The van der Waals surface area contributed by atoms with E-state index in [0.717, 1.165) is 17.8 Å². The van der Waals surface area contributed by atoms with Crippen LogP contribution in [0.3, 0.4) is 0 Å². The summed E-state index contributed by atoms with van der Waals surface area (Å²) in [6.07, 6.45) is 3.84. The van der Waals surface area contributed by atoms with Crippen molar-refractivity contribution in [3.05, 3.63) is 35.6 Å². The summed E-state index contributed by atoms with van der Waals surface area (Å²) in [6.45, 7) is 8.98. The summed E-state index contributed by atoms with van der Waals surface area (Å²) in [6, 6.07) is 4.06. The van der Waals surface area contributed by atoms with Gasteiger partial charge in [0, 0.05) is 12.7 Å². The summed E-state index contributed by atoms with van der Waals surface area (Å²) in [5.41, 5.74) is 1.48. The molecule has 5 heteroatoms. The van der Waals surface area contributed by atoms with E-state index in [4.69, 9.17) is 9.31 Å². The van der Waals surface area contributed by atoms with Crippen molar-refractivity contribution in [3.63, 3.8) is 0 Å². The molecule has 1 aromatic heterocycles. The van der Waals surface area contributed by atoms with Gasteiger partial charge in [-0.15, -0.1) is 0 Å². The molecule has 1 aliphatic rings. The monoisotopic (exact) mass is 274 g/mol. The SMILES string of the molecule is CNCc1ccc(/C=C/B2OC(C)(C)C(C)(C)O2)cn1. The third kappa shape index (κ3) is 3.29. The molecule has 0 aromatic carbocycles. The van der Waals surface area contributed by atoms with Crippen molar-refractivity contribution >= 4 is 13.2 Å². The molecule has 20 heavy (non-hydrogen) atoms. The Balaban J connectivity index is 2.00. The molecule has 2 heterocycles. The Kier molecular flexibility index (Phi) is 4.32. The Bertz CT molecular complexity index is 467. The van der Waals surface area contributed by atoms with Crippen molar-refractivity contribution in [3.8, 4) is 0 Å². The fourth-order valence-electron chi connectivity index (χ4n) is 1.98. The predicted molar refractivity (Wildman–Crippen MR) is 82.1 cm³/mol. The maximum atomic E-state index is 5.91. The van der Waals surface area contributed by atoms with Gasteiger partial charge in [0.2, 0.25) is 0 Å². The average molecular weight is 274 g/mol. The van der Waals surface area contributed by atoms with E-state index in [1.165, 1.54) is 0 Å². The van der Waals surface area contributed by atoms with E-state index in [-0.39, 0.29) is 18.3 Å². The summed E-state index contributed by atoms with van der Waals surface area (Å²) in [4.78, 5) is 4.38. The fourth-order valence-corrected chi connectivity index (χ4v) is 1.98. The lowest BCUT2D eigenvalue weighted by Crippen LogP contribution is -2.41. The minimum absolute atomic E-state index is 0.295. The van der Waals surface area contributed by atoms with Crippen LogP contribution in [0.1, 0.15) is 39.0 Å². The number of pyridine rings is 1.